The maximum absolute atomic E-state index is 6.27. The highest BCUT2D eigenvalue weighted by Crippen LogP contribution is 2.31. The van der Waals surface area contributed by atoms with Gasteiger partial charge in [0.2, 0.25) is 0 Å². The number of halogens is 1. The molecule has 0 fully saturated rings. The zero-order chi connectivity index (χ0) is 14.0. The highest BCUT2D eigenvalue weighted by Gasteiger charge is 2.18. The van der Waals surface area contributed by atoms with Crippen LogP contribution in [0, 0.1) is 0 Å². The van der Waals surface area contributed by atoms with Crippen LogP contribution in [-0.2, 0) is 5.41 Å². The van der Waals surface area contributed by atoms with Crippen LogP contribution in [0.15, 0.2) is 36.4 Å². The molecule has 1 aromatic carbocycles. The summed E-state index contributed by atoms with van der Waals surface area (Å²) in [5.41, 5.74) is 8.98. The monoisotopic (exact) mass is 293 g/mol. The van der Waals surface area contributed by atoms with Crippen LogP contribution < -0.4 is 5.73 Å². The molecule has 102 valence electrons. The zero-order valence-electron chi connectivity index (χ0n) is 11.6. The summed E-state index contributed by atoms with van der Waals surface area (Å²) in [7, 11) is 0. The number of benzene rings is 1. The van der Waals surface area contributed by atoms with Crippen molar-refractivity contribution < 1.29 is 0 Å². The van der Waals surface area contributed by atoms with Crippen molar-refractivity contribution in [2.45, 2.75) is 38.6 Å². The second kappa shape index (κ2) is 5.66. The summed E-state index contributed by atoms with van der Waals surface area (Å²) in [5, 5.41) is 0. The van der Waals surface area contributed by atoms with Crippen molar-refractivity contribution in [3.05, 3.63) is 56.7 Å². The van der Waals surface area contributed by atoms with Gasteiger partial charge >= 0.3 is 0 Å². The summed E-state index contributed by atoms with van der Waals surface area (Å²) in [6.45, 7) is 6.75. The van der Waals surface area contributed by atoms with E-state index >= 15 is 0 Å². The minimum Gasteiger partial charge on any atom is -0.320 e. The Kier molecular flexibility index (Phi) is 4.34. The van der Waals surface area contributed by atoms with E-state index in [4.69, 9.17) is 17.3 Å². The first kappa shape index (κ1) is 14.6. The molecule has 0 saturated heterocycles. The molecule has 1 atom stereocenters. The summed E-state index contributed by atoms with van der Waals surface area (Å²) >= 11 is 7.50. The van der Waals surface area contributed by atoms with Crippen LogP contribution in [0.25, 0.3) is 0 Å². The average Bonchev–Trinajstić information content (AvgIpc) is 2.85. The molecule has 2 rings (SSSR count). The van der Waals surface area contributed by atoms with Gasteiger partial charge < -0.3 is 5.73 Å². The van der Waals surface area contributed by atoms with Gasteiger partial charge in [-0.05, 0) is 35.1 Å². The molecule has 0 saturated carbocycles. The Hall–Kier alpha value is -0.830. The van der Waals surface area contributed by atoms with E-state index in [9.17, 15) is 0 Å². The standard InChI is InChI=1S/C16H20ClNS/c1-4-16(2,3)12-7-5-11(6-8-12)15(18)13-9-10-14(17)19-13/h5-10,15H,4,18H2,1-3H3. The molecule has 0 aliphatic heterocycles. The van der Waals surface area contributed by atoms with Crippen LogP contribution in [0.5, 0.6) is 0 Å². The number of nitrogens with two attached hydrogens (primary N) is 1. The van der Waals surface area contributed by atoms with Crippen molar-refractivity contribution in [2.24, 2.45) is 5.73 Å². The van der Waals surface area contributed by atoms with Crippen molar-refractivity contribution in [1.82, 2.24) is 0 Å². The number of rotatable bonds is 4. The van der Waals surface area contributed by atoms with E-state index in [1.165, 1.54) is 5.56 Å². The van der Waals surface area contributed by atoms with Crippen LogP contribution in [0.3, 0.4) is 0 Å². The van der Waals surface area contributed by atoms with E-state index in [2.05, 4.69) is 45.0 Å². The van der Waals surface area contributed by atoms with Crippen molar-refractivity contribution in [3.8, 4) is 0 Å². The van der Waals surface area contributed by atoms with E-state index in [0.717, 1.165) is 21.2 Å². The lowest BCUT2D eigenvalue weighted by Gasteiger charge is -2.24. The third-order valence-electron chi connectivity index (χ3n) is 3.84. The quantitative estimate of drug-likeness (QED) is 0.830. The molecule has 0 radical (unpaired) electrons. The largest absolute Gasteiger partial charge is 0.320 e. The molecule has 19 heavy (non-hydrogen) atoms. The van der Waals surface area contributed by atoms with Crippen LogP contribution in [0.4, 0.5) is 0 Å². The Morgan fingerprint density at radius 3 is 2.26 bits per heavy atom. The van der Waals surface area contributed by atoms with Crippen LogP contribution in [0.2, 0.25) is 4.34 Å². The first-order chi connectivity index (χ1) is 8.94. The first-order valence-electron chi connectivity index (χ1n) is 6.55. The van der Waals surface area contributed by atoms with Crippen LogP contribution in [-0.4, -0.2) is 0 Å². The van der Waals surface area contributed by atoms with Gasteiger partial charge in [0.25, 0.3) is 0 Å². The molecule has 0 aliphatic rings. The van der Waals surface area contributed by atoms with Crippen molar-refractivity contribution >= 4 is 22.9 Å². The number of hydrogen-bond donors (Lipinski definition) is 1. The highest BCUT2D eigenvalue weighted by atomic mass is 35.5. The normalized spacial score (nSPS) is 13.5. The molecular weight excluding hydrogens is 274 g/mol. The summed E-state index contributed by atoms with van der Waals surface area (Å²) in [5.74, 6) is 0. The smallest absolute Gasteiger partial charge is 0.0931 e. The SMILES string of the molecule is CCC(C)(C)c1ccc(C(N)c2ccc(Cl)s2)cc1. The molecule has 2 aromatic rings. The van der Waals surface area contributed by atoms with Gasteiger partial charge in [-0.1, -0.05) is 56.6 Å². The highest BCUT2D eigenvalue weighted by molar-refractivity contribution is 7.16. The predicted molar refractivity (Wildman–Crippen MR) is 85.1 cm³/mol. The molecule has 1 unspecified atom stereocenters. The maximum atomic E-state index is 6.27. The molecule has 2 N–H and O–H groups in total. The summed E-state index contributed by atoms with van der Waals surface area (Å²) in [6, 6.07) is 12.5. The maximum Gasteiger partial charge on any atom is 0.0931 e. The zero-order valence-corrected chi connectivity index (χ0v) is 13.2. The second-order valence-corrected chi connectivity index (χ2v) is 7.23. The van der Waals surface area contributed by atoms with E-state index in [-0.39, 0.29) is 11.5 Å². The van der Waals surface area contributed by atoms with Gasteiger partial charge in [-0.3, -0.25) is 0 Å². The van der Waals surface area contributed by atoms with Gasteiger partial charge in [-0.15, -0.1) is 11.3 Å². The first-order valence-corrected chi connectivity index (χ1v) is 7.75. The third kappa shape index (κ3) is 3.19. The lowest BCUT2D eigenvalue weighted by atomic mass is 9.82. The fraction of sp³-hybridized carbons (Fsp3) is 0.375. The molecule has 0 bridgehead atoms. The third-order valence-corrected chi connectivity index (χ3v) is 5.15. The molecule has 1 aromatic heterocycles. The van der Waals surface area contributed by atoms with Gasteiger partial charge in [0.05, 0.1) is 10.4 Å². The van der Waals surface area contributed by atoms with Gasteiger partial charge in [0.15, 0.2) is 0 Å². The van der Waals surface area contributed by atoms with Gasteiger partial charge in [0, 0.05) is 4.88 Å². The van der Waals surface area contributed by atoms with E-state index in [1.54, 1.807) is 11.3 Å². The summed E-state index contributed by atoms with van der Waals surface area (Å²) < 4.78 is 0.786. The molecule has 1 nitrogen and oxygen atoms in total. The van der Waals surface area contributed by atoms with Crippen LogP contribution in [0.1, 0.15) is 49.2 Å². The number of thiophene rings is 1. The lowest BCUT2D eigenvalue weighted by molar-refractivity contribution is 0.506. The topological polar surface area (TPSA) is 26.0 Å². The van der Waals surface area contributed by atoms with Gasteiger partial charge in [-0.25, -0.2) is 0 Å². The van der Waals surface area contributed by atoms with Gasteiger partial charge in [-0.2, -0.15) is 0 Å². The Bertz CT molecular complexity index is 542. The van der Waals surface area contributed by atoms with E-state index < -0.39 is 0 Å². The minimum atomic E-state index is -0.0868. The van der Waals surface area contributed by atoms with Crippen molar-refractivity contribution in [3.63, 3.8) is 0 Å². The molecule has 0 amide bonds. The van der Waals surface area contributed by atoms with Crippen molar-refractivity contribution in [1.29, 1.82) is 0 Å². The predicted octanol–water partition coefficient (Wildman–Crippen LogP) is 5.14. The summed E-state index contributed by atoms with van der Waals surface area (Å²) in [6.07, 6.45) is 1.12. The average molecular weight is 294 g/mol. The molecular formula is C16H20ClNS. The fourth-order valence-electron chi connectivity index (χ4n) is 2.01. The Morgan fingerprint density at radius 2 is 1.79 bits per heavy atom. The fourth-order valence-corrected chi connectivity index (χ4v) is 3.10. The molecule has 0 aliphatic carbocycles. The van der Waals surface area contributed by atoms with E-state index in [0.29, 0.717) is 0 Å². The lowest BCUT2D eigenvalue weighted by Crippen LogP contribution is -2.16. The summed E-state index contributed by atoms with van der Waals surface area (Å²) in [4.78, 5) is 1.10. The molecule has 0 spiro atoms. The molecule has 3 heteroatoms. The Balaban J connectivity index is 2.23. The Labute approximate surface area is 124 Å². The Morgan fingerprint density at radius 1 is 1.16 bits per heavy atom. The van der Waals surface area contributed by atoms with Crippen molar-refractivity contribution in [2.75, 3.05) is 0 Å². The van der Waals surface area contributed by atoms with Crippen LogP contribution >= 0.6 is 22.9 Å². The second-order valence-electron chi connectivity index (χ2n) is 5.48. The molecule has 1 heterocycles. The van der Waals surface area contributed by atoms with E-state index in [1.807, 2.05) is 12.1 Å². The van der Waals surface area contributed by atoms with Gasteiger partial charge in [0.1, 0.15) is 0 Å². The minimum absolute atomic E-state index is 0.0868. The number of hydrogen-bond acceptors (Lipinski definition) is 2.